The summed E-state index contributed by atoms with van der Waals surface area (Å²) in [4.78, 5) is 23.7. The van der Waals surface area contributed by atoms with Gasteiger partial charge in [0.25, 0.3) is 0 Å². The van der Waals surface area contributed by atoms with Crippen LogP contribution in [-0.2, 0) is 4.79 Å². The van der Waals surface area contributed by atoms with Gasteiger partial charge < -0.3 is 22.1 Å². The third-order valence-corrected chi connectivity index (χ3v) is 4.48. The fraction of sp³-hybridized carbons (Fsp3) is 0.474. The van der Waals surface area contributed by atoms with Gasteiger partial charge in [0, 0.05) is 12.2 Å². The first kappa shape index (κ1) is 21.4. The van der Waals surface area contributed by atoms with Crippen LogP contribution in [0.1, 0.15) is 50.0 Å². The summed E-state index contributed by atoms with van der Waals surface area (Å²) in [7, 11) is 0. The van der Waals surface area contributed by atoms with Crippen LogP contribution in [0.2, 0.25) is 0 Å². The Kier molecular flexibility index (Phi) is 7.51. The number of hydrogen-bond acceptors (Lipinski definition) is 5. The summed E-state index contributed by atoms with van der Waals surface area (Å²) in [5.41, 5.74) is 13.7. The fourth-order valence-corrected chi connectivity index (χ4v) is 2.69. The highest BCUT2D eigenvalue weighted by Gasteiger charge is 2.24. The number of nitrogens with one attached hydrogen (secondary N) is 2. The van der Waals surface area contributed by atoms with Gasteiger partial charge in [0.15, 0.2) is 0 Å². The number of rotatable bonds is 9. The molecule has 0 aliphatic carbocycles. The fourth-order valence-electron chi connectivity index (χ4n) is 2.69. The van der Waals surface area contributed by atoms with Crippen LogP contribution in [0.5, 0.6) is 0 Å². The van der Waals surface area contributed by atoms with E-state index < -0.39 is 12.1 Å². The van der Waals surface area contributed by atoms with Crippen molar-refractivity contribution < 1.29 is 9.59 Å². The Bertz CT molecular complexity index is 786. The van der Waals surface area contributed by atoms with Crippen LogP contribution in [0.25, 0.3) is 0 Å². The predicted octanol–water partition coefficient (Wildman–Crippen LogP) is 1.87. The Labute approximate surface area is 164 Å². The van der Waals surface area contributed by atoms with E-state index in [9.17, 15) is 9.59 Å². The maximum atomic E-state index is 12.9. The minimum atomic E-state index is -0.591. The van der Waals surface area contributed by atoms with E-state index in [1.54, 1.807) is 6.20 Å². The number of carbonyl (C=O) groups excluding carboxylic acids is 2. The van der Waals surface area contributed by atoms with Gasteiger partial charge >= 0.3 is 6.03 Å². The molecule has 0 unspecified atom stereocenters. The highest BCUT2D eigenvalue weighted by molar-refractivity contribution is 5.93. The van der Waals surface area contributed by atoms with Crippen LogP contribution in [0, 0.1) is 12.8 Å². The lowest BCUT2D eigenvalue weighted by atomic mass is 10.0. The summed E-state index contributed by atoms with van der Waals surface area (Å²) in [6.07, 6.45) is 2.73. The molecule has 0 spiro atoms. The lowest BCUT2D eigenvalue weighted by Crippen LogP contribution is -2.31. The third-order valence-electron chi connectivity index (χ3n) is 4.48. The van der Waals surface area contributed by atoms with Crippen LogP contribution < -0.4 is 22.1 Å². The molecule has 2 rings (SSSR count). The summed E-state index contributed by atoms with van der Waals surface area (Å²) in [6, 6.07) is 6.11. The van der Waals surface area contributed by atoms with Crippen molar-refractivity contribution in [3.8, 4) is 0 Å². The van der Waals surface area contributed by atoms with E-state index in [4.69, 9.17) is 11.5 Å². The maximum Gasteiger partial charge on any atom is 0.312 e. The number of hydrogen-bond donors (Lipinski definition) is 4. The number of primary amides is 1. The number of amides is 3. The standard InChI is InChI=1S/C19H29N7O2/c1-12(2)17(20)15-11-26(25-24-15)16(5-4-10-22-19(21)28)18(27)23-14-8-6-13(3)7-9-14/h6-9,11-12,16-17H,4-5,10,20H2,1-3H3,(H,23,27)(H3,21,22,28)/t16-,17-/m0/s1. The largest absolute Gasteiger partial charge is 0.352 e. The normalized spacial score (nSPS) is 13.2. The number of urea groups is 1. The monoisotopic (exact) mass is 387 g/mol. The van der Waals surface area contributed by atoms with E-state index in [2.05, 4.69) is 20.9 Å². The van der Waals surface area contributed by atoms with Crippen molar-refractivity contribution in [3.63, 3.8) is 0 Å². The Balaban J connectivity index is 2.14. The van der Waals surface area contributed by atoms with Crippen molar-refractivity contribution in [2.45, 2.75) is 45.7 Å². The molecule has 6 N–H and O–H groups in total. The average molecular weight is 387 g/mol. The van der Waals surface area contributed by atoms with Crippen molar-refractivity contribution in [2.24, 2.45) is 17.4 Å². The zero-order valence-corrected chi connectivity index (χ0v) is 16.6. The molecular formula is C19H29N7O2. The molecule has 0 fully saturated rings. The Morgan fingerprint density at radius 1 is 1.21 bits per heavy atom. The molecule has 0 saturated heterocycles. The van der Waals surface area contributed by atoms with Gasteiger partial charge in [0.1, 0.15) is 6.04 Å². The Morgan fingerprint density at radius 3 is 2.50 bits per heavy atom. The van der Waals surface area contributed by atoms with Crippen molar-refractivity contribution in [1.29, 1.82) is 0 Å². The Hall–Kier alpha value is -2.94. The van der Waals surface area contributed by atoms with Crippen molar-refractivity contribution in [2.75, 3.05) is 11.9 Å². The maximum absolute atomic E-state index is 12.9. The number of nitrogens with zero attached hydrogens (tertiary/aromatic N) is 3. The minimum Gasteiger partial charge on any atom is -0.352 e. The van der Waals surface area contributed by atoms with Gasteiger partial charge in [0.2, 0.25) is 5.91 Å². The molecule has 9 heteroatoms. The summed E-state index contributed by atoms with van der Waals surface area (Å²) < 4.78 is 1.53. The summed E-state index contributed by atoms with van der Waals surface area (Å²) >= 11 is 0. The topological polar surface area (TPSA) is 141 Å². The van der Waals surface area contributed by atoms with Gasteiger partial charge in [-0.3, -0.25) is 4.79 Å². The summed E-state index contributed by atoms with van der Waals surface area (Å²) in [5.74, 6) is -0.0118. The van der Waals surface area contributed by atoms with Crippen molar-refractivity contribution in [3.05, 3.63) is 41.7 Å². The molecule has 0 saturated carbocycles. The van der Waals surface area contributed by atoms with E-state index >= 15 is 0 Å². The molecule has 1 aromatic heterocycles. The summed E-state index contributed by atoms with van der Waals surface area (Å²) in [5, 5.41) is 13.7. The molecule has 0 bridgehead atoms. The van der Waals surface area contributed by atoms with E-state index in [1.165, 1.54) is 4.68 Å². The van der Waals surface area contributed by atoms with Crippen LogP contribution in [-0.4, -0.2) is 33.5 Å². The quantitative estimate of drug-likeness (QED) is 0.486. The Morgan fingerprint density at radius 2 is 1.89 bits per heavy atom. The number of anilines is 1. The molecule has 1 heterocycles. The van der Waals surface area contributed by atoms with Gasteiger partial charge in [-0.25, -0.2) is 9.48 Å². The van der Waals surface area contributed by atoms with Gasteiger partial charge in [-0.05, 0) is 37.8 Å². The van der Waals surface area contributed by atoms with Crippen LogP contribution in [0.3, 0.4) is 0 Å². The van der Waals surface area contributed by atoms with E-state index in [1.807, 2.05) is 45.0 Å². The van der Waals surface area contributed by atoms with Crippen LogP contribution in [0.15, 0.2) is 30.5 Å². The molecule has 3 amide bonds. The lowest BCUT2D eigenvalue weighted by molar-refractivity contribution is -0.119. The first-order valence-corrected chi connectivity index (χ1v) is 9.36. The van der Waals surface area contributed by atoms with Gasteiger partial charge in [0.05, 0.1) is 17.9 Å². The highest BCUT2D eigenvalue weighted by atomic mass is 16.2. The SMILES string of the molecule is Cc1ccc(NC(=O)[C@H](CCCNC(N)=O)n2cc([C@@H](N)C(C)C)nn2)cc1. The molecule has 28 heavy (non-hydrogen) atoms. The van der Waals surface area contributed by atoms with Gasteiger partial charge in [-0.2, -0.15) is 0 Å². The molecule has 1 aromatic carbocycles. The van der Waals surface area contributed by atoms with Crippen LogP contribution >= 0.6 is 0 Å². The molecule has 0 aliphatic heterocycles. The number of aromatic nitrogens is 3. The lowest BCUT2D eigenvalue weighted by Gasteiger charge is -2.17. The van der Waals surface area contributed by atoms with Crippen molar-refractivity contribution >= 4 is 17.6 Å². The molecule has 0 aliphatic rings. The molecular weight excluding hydrogens is 358 g/mol. The van der Waals surface area contributed by atoms with E-state index in [-0.39, 0.29) is 17.9 Å². The molecule has 0 radical (unpaired) electrons. The number of nitrogens with two attached hydrogens (primary N) is 2. The second-order valence-electron chi connectivity index (χ2n) is 7.20. The second kappa shape index (κ2) is 9.84. The predicted molar refractivity (Wildman–Crippen MR) is 107 cm³/mol. The highest BCUT2D eigenvalue weighted by Crippen LogP contribution is 2.21. The molecule has 152 valence electrons. The van der Waals surface area contributed by atoms with Crippen molar-refractivity contribution in [1.82, 2.24) is 20.3 Å². The summed E-state index contributed by atoms with van der Waals surface area (Å²) in [6.45, 7) is 6.35. The number of benzene rings is 1. The van der Waals surface area contributed by atoms with E-state index in [0.717, 1.165) is 5.56 Å². The second-order valence-corrected chi connectivity index (χ2v) is 7.20. The zero-order chi connectivity index (χ0) is 20.7. The smallest absolute Gasteiger partial charge is 0.312 e. The molecule has 2 aromatic rings. The number of aryl methyl sites for hydroxylation is 1. The molecule has 2 atom stereocenters. The first-order chi connectivity index (χ1) is 13.3. The number of carbonyl (C=O) groups is 2. The van der Waals surface area contributed by atoms with Crippen LogP contribution in [0.4, 0.5) is 10.5 Å². The zero-order valence-electron chi connectivity index (χ0n) is 16.6. The molecule has 9 nitrogen and oxygen atoms in total. The van der Waals surface area contributed by atoms with E-state index in [0.29, 0.717) is 30.8 Å². The van der Waals surface area contributed by atoms with Gasteiger partial charge in [-0.1, -0.05) is 36.8 Å². The average Bonchev–Trinajstić information content (AvgIpc) is 3.12. The minimum absolute atomic E-state index is 0.199. The van der Waals surface area contributed by atoms with Gasteiger partial charge in [-0.15, -0.1) is 5.10 Å². The third kappa shape index (κ3) is 6.05. The first-order valence-electron chi connectivity index (χ1n) is 9.36.